The summed E-state index contributed by atoms with van der Waals surface area (Å²) in [5.41, 5.74) is 9.72. The lowest BCUT2D eigenvalue weighted by Gasteiger charge is -2.26. The molecule has 0 amide bonds. The number of benzene rings is 8. The Hall–Kier alpha value is -6.12. The number of nitrogens with zero attached hydrogens (tertiary/aromatic N) is 1. The molecule has 216 valence electrons. The van der Waals surface area contributed by atoms with Gasteiger partial charge in [0.1, 0.15) is 11.2 Å². The fourth-order valence-corrected chi connectivity index (χ4v) is 6.86. The first-order valence-corrected chi connectivity index (χ1v) is 15.7. The number of anilines is 3. The molecule has 0 N–H and O–H groups in total. The second-order valence-corrected chi connectivity index (χ2v) is 11.7. The summed E-state index contributed by atoms with van der Waals surface area (Å²) < 4.78 is 6.54. The topological polar surface area (TPSA) is 16.4 Å². The second-order valence-electron chi connectivity index (χ2n) is 11.7. The van der Waals surface area contributed by atoms with Gasteiger partial charge in [-0.05, 0) is 86.8 Å². The minimum Gasteiger partial charge on any atom is -0.455 e. The van der Waals surface area contributed by atoms with Crippen LogP contribution in [0.4, 0.5) is 17.1 Å². The Bertz CT molecular complexity index is 2510. The molecule has 0 aliphatic carbocycles. The summed E-state index contributed by atoms with van der Waals surface area (Å²) in [6.07, 6.45) is 0. The van der Waals surface area contributed by atoms with Crippen LogP contribution in [-0.2, 0) is 0 Å². The highest BCUT2D eigenvalue weighted by Gasteiger charge is 2.18. The van der Waals surface area contributed by atoms with Crippen LogP contribution in [0, 0.1) is 0 Å². The van der Waals surface area contributed by atoms with Gasteiger partial charge in [-0.25, -0.2) is 0 Å². The zero-order chi connectivity index (χ0) is 30.5. The Kier molecular flexibility index (Phi) is 6.17. The predicted molar refractivity (Wildman–Crippen MR) is 194 cm³/mol. The Balaban J connectivity index is 1.19. The van der Waals surface area contributed by atoms with Gasteiger partial charge in [0.15, 0.2) is 0 Å². The molecule has 0 aliphatic rings. The molecule has 9 rings (SSSR count). The first-order valence-electron chi connectivity index (χ1n) is 15.7. The Labute approximate surface area is 267 Å². The number of furan rings is 1. The lowest BCUT2D eigenvalue weighted by Crippen LogP contribution is -2.09. The van der Waals surface area contributed by atoms with Crippen LogP contribution >= 0.6 is 0 Å². The number of fused-ring (bicyclic) bond motifs is 6. The molecule has 0 atom stereocenters. The van der Waals surface area contributed by atoms with Gasteiger partial charge in [0, 0.05) is 33.4 Å². The summed E-state index contributed by atoms with van der Waals surface area (Å²) >= 11 is 0. The third-order valence-electron chi connectivity index (χ3n) is 9.05. The molecule has 1 aromatic heterocycles. The maximum absolute atomic E-state index is 6.54. The molecule has 2 nitrogen and oxygen atoms in total. The highest BCUT2D eigenvalue weighted by molar-refractivity contribution is 6.16. The fraction of sp³-hybridized carbons (Fsp3) is 0. The maximum atomic E-state index is 6.54. The smallest absolute Gasteiger partial charge is 0.143 e. The zero-order valence-corrected chi connectivity index (χ0v) is 25.1. The van der Waals surface area contributed by atoms with Crippen molar-refractivity contribution in [3.8, 4) is 22.3 Å². The SMILES string of the molecule is c1ccc(-c2ccc(-c3ccc(N(c4ccccc4)c4ccc5ccc6ccccc6c5c4)cc3)c3c2oc2ccccc23)cc1. The third kappa shape index (κ3) is 4.35. The summed E-state index contributed by atoms with van der Waals surface area (Å²) in [5, 5.41) is 7.27. The van der Waals surface area contributed by atoms with Crippen molar-refractivity contribution < 1.29 is 4.42 Å². The van der Waals surface area contributed by atoms with Crippen molar-refractivity contribution in [1.82, 2.24) is 0 Å². The van der Waals surface area contributed by atoms with Gasteiger partial charge in [-0.2, -0.15) is 0 Å². The first-order chi connectivity index (χ1) is 22.8. The molecular formula is C44H29NO. The van der Waals surface area contributed by atoms with E-state index < -0.39 is 0 Å². The Morgan fingerprint density at radius 3 is 1.74 bits per heavy atom. The van der Waals surface area contributed by atoms with Crippen molar-refractivity contribution in [3.05, 3.63) is 176 Å². The van der Waals surface area contributed by atoms with Crippen molar-refractivity contribution in [2.75, 3.05) is 4.90 Å². The Morgan fingerprint density at radius 2 is 0.935 bits per heavy atom. The predicted octanol–water partition coefficient (Wildman–Crippen LogP) is 12.7. The van der Waals surface area contributed by atoms with E-state index in [1.165, 1.54) is 21.5 Å². The zero-order valence-electron chi connectivity index (χ0n) is 25.1. The summed E-state index contributed by atoms with van der Waals surface area (Å²) in [4.78, 5) is 2.34. The van der Waals surface area contributed by atoms with E-state index in [9.17, 15) is 0 Å². The van der Waals surface area contributed by atoms with Crippen LogP contribution in [0.1, 0.15) is 0 Å². The van der Waals surface area contributed by atoms with E-state index in [0.717, 1.165) is 61.3 Å². The number of hydrogen-bond donors (Lipinski definition) is 0. The normalized spacial score (nSPS) is 11.5. The summed E-state index contributed by atoms with van der Waals surface area (Å²) in [6, 6.07) is 62.6. The van der Waals surface area contributed by atoms with Crippen molar-refractivity contribution >= 4 is 60.5 Å². The quantitative estimate of drug-likeness (QED) is 0.186. The minimum absolute atomic E-state index is 0.901. The molecule has 0 radical (unpaired) electrons. The second kappa shape index (κ2) is 10.8. The van der Waals surface area contributed by atoms with Crippen LogP contribution < -0.4 is 4.90 Å². The van der Waals surface area contributed by atoms with Crippen molar-refractivity contribution in [1.29, 1.82) is 0 Å². The lowest BCUT2D eigenvalue weighted by atomic mass is 9.94. The summed E-state index contributed by atoms with van der Waals surface area (Å²) in [5.74, 6) is 0. The molecule has 0 fully saturated rings. The number of para-hydroxylation sites is 2. The highest BCUT2D eigenvalue weighted by atomic mass is 16.3. The molecular weight excluding hydrogens is 558 g/mol. The van der Waals surface area contributed by atoms with Gasteiger partial charge < -0.3 is 9.32 Å². The molecule has 0 saturated heterocycles. The molecule has 0 aliphatic heterocycles. The molecule has 8 aromatic carbocycles. The minimum atomic E-state index is 0.901. The average molecular weight is 588 g/mol. The van der Waals surface area contributed by atoms with Crippen LogP contribution in [-0.4, -0.2) is 0 Å². The van der Waals surface area contributed by atoms with Crippen molar-refractivity contribution in [2.45, 2.75) is 0 Å². The van der Waals surface area contributed by atoms with Crippen LogP contribution in [0.15, 0.2) is 180 Å². The van der Waals surface area contributed by atoms with Gasteiger partial charge in [0.2, 0.25) is 0 Å². The van der Waals surface area contributed by atoms with E-state index >= 15 is 0 Å². The molecule has 0 bridgehead atoms. The van der Waals surface area contributed by atoms with Crippen molar-refractivity contribution in [3.63, 3.8) is 0 Å². The highest BCUT2D eigenvalue weighted by Crippen LogP contribution is 2.43. The summed E-state index contributed by atoms with van der Waals surface area (Å²) in [6.45, 7) is 0. The lowest BCUT2D eigenvalue weighted by molar-refractivity contribution is 0.670. The van der Waals surface area contributed by atoms with E-state index in [4.69, 9.17) is 4.42 Å². The van der Waals surface area contributed by atoms with Crippen LogP contribution in [0.3, 0.4) is 0 Å². The van der Waals surface area contributed by atoms with Crippen LogP contribution in [0.25, 0.3) is 65.7 Å². The molecule has 9 aromatic rings. The largest absolute Gasteiger partial charge is 0.455 e. The van der Waals surface area contributed by atoms with Crippen molar-refractivity contribution in [2.24, 2.45) is 0 Å². The van der Waals surface area contributed by atoms with E-state index in [1.807, 2.05) is 12.1 Å². The van der Waals surface area contributed by atoms with Gasteiger partial charge >= 0.3 is 0 Å². The van der Waals surface area contributed by atoms with Crippen LogP contribution in [0.2, 0.25) is 0 Å². The standard InChI is InChI=1S/C44H29NO/c1-3-11-30(12-4-1)39-28-27-38(43-40-17-9-10-18-42(40)46-44(39)43)32-21-24-35(25-22-32)45(34-14-5-2-6-15-34)36-26-23-33-20-19-31-13-7-8-16-37(31)41(33)29-36/h1-29H. The van der Waals surface area contributed by atoms with Gasteiger partial charge in [0.25, 0.3) is 0 Å². The van der Waals surface area contributed by atoms with Gasteiger partial charge in [-0.3, -0.25) is 0 Å². The fourth-order valence-electron chi connectivity index (χ4n) is 6.86. The number of hydrogen-bond acceptors (Lipinski definition) is 2. The third-order valence-corrected chi connectivity index (χ3v) is 9.05. The molecule has 46 heavy (non-hydrogen) atoms. The molecule has 0 saturated carbocycles. The van der Waals surface area contributed by atoms with E-state index in [2.05, 4.69) is 169 Å². The van der Waals surface area contributed by atoms with E-state index in [1.54, 1.807) is 0 Å². The number of rotatable bonds is 5. The monoisotopic (exact) mass is 587 g/mol. The van der Waals surface area contributed by atoms with Gasteiger partial charge in [-0.15, -0.1) is 0 Å². The summed E-state index contributed by atoms with van der Waals surface area (Å²) in [7, 11) is 0. The van der Waals surface area contributed by atoms with E-state index in [-0.39, 0.29) is 0 Å². The van der Waals surface area contributed by atoms with Crippen LogP contribution in [0.5, 0.6) is 0 Å². The molecule has 1 heterocycles. The average Bonchev–Trinajstić information content (AvgIpc) is 3.52. The molecule has 0 spiro atoms. The Morgan fingerprint density at radius 1 is 0.370 bits per heavy atom. The maximum Gasteiger partial charge on any atom is 0.143 e. The van der Waals surface area contributed by atoms with Gasteiger partial charge in [0.05, 0.1) is 0 Å². The van der Waals surface area contributed by atoms with E-state index in [0.29, 0.717) is 0 Å². The first kappa shape index (κ1) is 26.3. The molecule has 0 unspecified atom stereocenters. The molecule has 2 heteroatoms. The van der Waals surface area contributed by atoms with Gasteiger partial charge in [-0.1, -0.05) is 127 Å².